The Morgan fingerprint density at radius 3 is 0.955 bits per heavy atom. The Labute approximate surface area is 141 Å². The van der Waals surface area contributed by atoms with Gasteiger partial charge in [0.2, 0.25) is 0 Å². The third kappa shape index (κ3) is 9.72. The first-order valence-electron chi connectivity index (χ1n) is 8.56. The molecule has 0 rings (SSSR count). The standard InChI is InChI=1S/C18H40N2Si2/c1-17(2,3)15(13-21(7,8)9)19-20-16(18(4,5)6)14-22(10,11)12/h13-14H2,1-12H3/b19-15-,20-16-. The quantitative estimate of drug-likeness (QED) is 0.308. The van der Waals surface area contributed by atoms with Crippen molar-refractivity contribution in [2.24, 2.45) is 21.0 Å². The molecule has 0 bridgehead atoms. The Hall–Kier alpha value is -0.226. The van der Waals surface area contributed by atoms with Crippen molar-refractivity contribution in [1.82, 2.24) is 0 Å². The highest BCUT2D eigenvalue weighted by Crippen LogP contribution is 2.27. The highest BCUT2D eigenvalue weighted by molar-refractivity contribution is 6.79. The van der Waals surface area contributed by atoms with Crippen LogP contribution in [0.1, 0.15) is 41.5 Å². The molecular weight excluding hydrogens is 300 g/mol. The molecule has 0 fully saturated rings. The Bertz CT molecular complexity index is 380. The molecule has 130 valence electrons. The molecule has 0 aromatic heterocycles. The molecule has 2 nitrogen and oxygen atoms in total. The third-order valence-corrected chi connectivity index (χ3v) is 6.21. The molecule has 0 aliphatic rings. The van der Waals surface area contributed by atoms with Crippen LogP contribution in [-0.2, 0) is 0 Å². The van der Waals surface area contributed by atoms with Crippen molar-refractivity contribution in [2.75, 3.05) is 0 Å². The molecule has 0 aromatic carbocycles. The number of hydrogen-bond donors (Lipinski definition) is 0. The lowest BCUT2D eigenvalue weighted by atomic mass is 9.90. The van der Waals surface area contributed by atoms with Gasteiger partial charge in [0.15, 0.2) is 0 Å². The molecule has 0 saturated heterocycles. The maximum Gasteiger partial charge on any atom is 0.0503 e. The van der Waals surface area contributed by atoms with Gasteiger partial charge in [-0.25, -0.2) is 0 Å². The number of rotatable bonds is 5. The summed E-state index contributed by atoms with van der Waals surface area (Å²) < 4.78 is 0. The molecule has 0 N–H and O–H groups in total. The van der Waals surface area contributed by atoms with Crippen molar-refractivity contribution >= 4 is 27.6 Å². The first-order valence-corrected chi connectivity index (χ1v) is 16.0. The lowest BCUT2D eigenvalue weighted by Gasteiger charge is -2.28. The molecule has 4 heteroatoms. The van der Waals surface area contributed by atoms with Crippen molar-refractivity contribution in [3.63, 3.8) is 0 Å². The molecule has 0 aromatic rings. The molecule has 0 aliphatic heterocycles. The van der Waals surface area contributed by atoms with Crippen LogP contribution < -0.4 is 0 Å². The zero-order valence-electron chi connectivity index (χ0n) is 17.3. The third-order valence-electron chi connectivity index (χ3n) is 3.42. The molecule has 0 unspecified atom stereocenters. The summed E-state index contributed by atoms with van der Waals surface area (Å²) in [6, 6.07) is 2.26. The Morgan fingerprint density at radius 1 is 0.591 bits per heavy atom. The highest BCUT2D eigenvalue weighted by Gasteiger charge is 2.28. The van der Waals surface area contributed by atoms with E-state index in [0.29, 0.717) is 0 Å². The second-order valence-electron chi connectivity index (χ2n) is 11.1. The van der Waals surface area contributed by atoms with Gasteiger partial charge in [-0.05, 0) is 12.1 Å². The molecular formula is C18H40N2Si2. The SMILES string of the molecule is CC(C)(C)/C(C[Si](C)(C)C)=N\N=C(\C[Si](C)(C)C)C(C)(C)C. The monoisotopic (exact) mass is 340 g/mol. The second-order valence-corrected chi connectivity index (χ2v) is 22.0. The predicted molar refractivity (Wildman–Crippen MR) is 110 cm³/mol. The molecule has 0 aliphatic carbocycles. The van der Waals surface area contributed by atoms with Crippen LogP contribution in [-0.4, -0.2) is 27.6 Å². The van der Waals surface area contributed by atoms with Crippen LogP contribution in [0.15, 0.2) is 10.2 Å². The van der Waals surface area contributed by atoms with Gasteiger partial charge in [0, 0.05) is 22.3 Å². The summed E-state index contributed by atoms with van der Waals surface area (Å²) in [4.78, 5) is 0. The van der Waals surface area contributed by atoms with Crippen molar-refractivity contribution in [2.45, 2.75) is 92.9 Å². The molecule has 0 spiro atoms. The van der Waals surface area contributed by atoms with Gasteiger partial charge in [0.25, 0.3) is 0 Å². The highest BCUT2D eigenvalue weighted by atomic mass is 28.3. The van der Waals surface area contributed by atoms with E-state index in [1.165, 1.54) is 11.4 Å². The number of nitrogens with zero attached hydrogens (tertiary/aromatic N) is 2. The van der Waals surface area contributed by atoms with E-state index >= 15 is 0 Å². The van der Waals surface area contributed by atoms with Crippen LogP contribution in [0.4, 0.5) is 0 Å². The number of hydrogen-bond acceptors (Lipinski definition) is 2. The van der Waals surface area contributed by atoms with Gasteiger partial charge in [-0.15, -0.1) is 0 Å². The van der Waals surface area contributed by atoms with E-state index < -0.39 is 16.1 Å². The van der Waals surface area contributed by atoms with E-state index in [-0.39, 0.29) is 10.8 Å². The molecule has 0 saturated carbocycles. The molecule has 0 atom stereocenters. The van der Waals surface area contributed by atoms with Gasteiger partial charge < -0.3 is 0 Å². The topological polar surface area (TPSA) is 24.7 Å². The summed E-state index contributed by atoms with van der Waals surface area (Å²) in [6.07, 6.45) is 0. The van der Waals surface area contributed by atoms with Crippen LogP contribution in [0, 0.1) is 10.8 Å². The van der Waals surface area contributed by atoms with Gasteiger partial charge in [-0.3, -0.25) is 0 Å². The van der Waals surface area contributed by atoms with E-state index in [2.05, 4.69) is 80.8 Å². The Balaban J connectivity index is 5.70. The van der Waals surface area contributed by atoms with Crippen LogP contribution in [0.5, 0.6) is 0 Å². The van der Waals surface area contributed by atoms with E-state index in [1.54, 1.807) is 0 Å². The van der Waals surface area contributed by atoms with Crippen molar-refractivity contribution in [1.29, 1.82) is 0 Å². The summed E-state index contributed by atoms with van der Waals surface area (Å²) >= 11 is 0. The van der Waals surface area contributed by atoms with E-state index in [0.717, 1.165) is 12.1 Å². The maximum absolute atomic E-state index is 4.79. The maximum atomic E-state index is 4.79. The van der Waals surface area contributed by atoms with Gasteiger partial charge >= 0.3 is 0 Å². The lowest BCUT2D eigenvalue weighted by Crippen LogP contribution is -2.32. The molecule has 0 radical (unpaired) electrons. The fourth-order valence-corrected chi connectivity index (χ4v) is 5.24. The van der Waals surface area contributed by atoms with Crippen molar-refractivity contribution < 1.29 is 0 Å². The second kappa shape index (κ2) is 7.12. The van der Waals surface area contributed by atoms with E-state index in [1.807, 2.05) is 0 Å². The average molecular weight is 341 g/mol. The fourth-order valence-electron chi connectivity index (χ4n) is 2.03. The Kier molecular flexibility index (Phi) is 7.05. The lowest BCUT2D eigenvalue weighted by molar-refractivity contribution is 0.576. The minimum atomic E-state index is -1.19. The summed E-state index contributed by atoms with van der Waals surface area (Å²) in [5, 5.41) is 9.59. The van der Waals surface area contributed by atoms with Crippen LogP contribution in [0.3, 0.4) is 0 Å². The minimum Gasteiger partial charge on any atom is -0.160 e. The van der Waals surface area contributed by atoms with Gasteiger partial charge in [0.05, 0.1) is 16.1 Å². The summed E-state index contributed by atoms with van der Waals surface area (Å²) in [5.41, 5.74) is 2.74. The largest absolute Gasteiger partial charge is 0.160 e. The van der Waals surface area contributed by atoms with E-state index in [4.69, 9.17) is 10.2 Å². The zero-order chi connectivity index (χ0) is 18.0. The predicted octanol–water partition coefficient (Wildman–Crippen LogP) is 6.55. The average Bonchev–Trinajstić information content (AvgIpc) is 2.15. The minimum absolute atomic E-state index is 0.103. The van der Waals surface area contributed by atoms with Gasteiger partial charge in [-0.1, -0.05) is 80.8 Å². The first-order chi connectivity index (χ1) is 9.42. The Morgan fingerprint density at radius 2 is 0.818 bits per heavy atom. The van der Waals surface area contributed by atoms with Crippen LogP contribution in [0.25, 0.3) is 0 Å². The molecule has 0 amide bonds. The summed E-state index contributed by atoms with van der Waals surface area (Å²) in [6.45, 7) is 28.0. The summed E-state index contributed by atoms with van der Waals surface area (Å²) in [5.74, 6) is 0. The first kappa shape index (κ1) is 21.8. The van der Waals surface area contributed by atoms with Crippen LogP contribution >= 0.6 is 0 Å². The van der Waals surface area contributed by atoms with E-state index in [9.17, 15) is 0 Å². The molecule has 22 heavy (non-hydrogen) atoms. The summed E-state index contributed by atoms with van der Waals surface area (Å²) in [7, 11) is -2.37. The van der Waals surface area contributed by atoms with Crippen LogP contribution in [0.2, 0.25) is 51.4 Å². The van der Waals surface area contributed by atoms with Crippen molar-refractivity contribution in [3.8, 4) is 0 Å². The zero-order valence-corrected chi connectivity index (χ0v) is 19.3. The molecule has 0 heterocycles. The van der Waals surface area contributed by atoms with Gasteiger partial charge in [0.1, 0.15) is 0 Å². The normalized spacial score (nSPS) is 16.2. The van der Waals surface area contributed by atoms with Crippen molar-refractivity contribution in [3.05, 3.63) is 0 Å². The smallest absolute Gasteiger partial charge is 0.0503 e. The fraction of sp³-hybridized carbons (Fsp3) is 0.889. The van der Waals surface area contributed by atoms with Gasteiger partial charge in [-0.2, -0.15) is 10.2 Å².